The number of halogens is 4. The Balaban J connectivity index is 1.81. The van der Waals surface area contributed by atoms with Gasteiger partial charge in [0.15, 0.2) is 10.8 Å². The van der Waals surface area contributed by atoms with Crippen molar-refractivity contribution in [2.45, 2.75) is 24.4 Å². The molecule has 13 heteroatoms. The van der Waals surface area contributed by atoms with E-state index in [1.807, 2.05) is 0 Å². The molecule has 174 valence electrons. The number of benzene rings is 1. The van der Waals surface area contributed by atoms with E-state index in [0.717, 1.165) is 28.4 Å². The smallest absolute Gasteiger partial charge is 0.335 e. The van der Waals surface area contributed by atoms with E-state index in [0.29, 0.717) is 11.1 Å². The van der Waals surface area contributed by atoms with Gasteiger partial charge in [0.2, 0.25) is 0 Å². The number of rotatable bonds is 6. The van der Waals surface area contributed by atoms with Crippen LogP contribution in [-0.2, 0) is 9.59 Å². The molecule has 1 aromatic heterocycles. The number of carboxylic acid groups (broad SMARTS) is 2. The summed E-state index contributed by atoms with van der Waals surface area (Å²) in [5, 5.41) is 23.9. The van der Waals surface area contributed by atoms with Gasteiger partial charge in [-0.2, -0.15) is 0 Å². The van der Waals surface area contributed by atoms with Crippen LogP contribution >= 0.6 is 11.3 Å². The Morgan fingerprint density at radius 2 is 2.03 bits per heavy atom. The van der Waals surface area contributed by atoms with Crippen molar-refractivity contribution in [1.82, 2.24) is 15.2 Å². The van der Waals surface area contributed by atoms with Crippen LogP contribution in [0.1, 0.15) is 23.0 Å². The van der Waals surface area contributed by atoms with Crippen LogP contribution in [0.4, 0.5) is 17.6 Å². The number of aromatic nitrogens is 1. The molecule has 0 aliphatic carbocycles. The van der Waals surface area contributed by atoms with Crippen molar-refractivity contribution in [3.05, 3.63) is 63.3 Å². The van der Waals surface area contributed by atoms with Gasteiger partial charge in [-0.15, -0.1) is 11.3 Å². The second-order valence-electron chi connectivity index (χ2n) is 7.52. The van der Waals surface area contributed by atoms with Gasteiger partial charge in [0, 0.05) is 41.9 Å². The van der Waals surface area contributed by atoms with Crippen LogP contribution in [0.3, 0.4) is 0 Å². The summed E-state index contributed by atoms with van der Waals surface area (Å²) in [5.41, 5.74) is -0.857. The third-order valence-corrected chi connectivity index (χ3v) is 6.04. The lowest BCUT2D eigenvalue weighted by atomic mass is 9.95. The van der Waals surface area contributed by atoms with Crippen molar-refractivity contribution in [1.29, 1.82) is 0 Å². The number of carboxylic acids is 2. The molecule has 2 atom stereocenters. The lowest BCUT2D eigenvalue weighted by molar-refractivity contribution is -0.142. The summed E-state index contributed by atoms with van der Waals surface area (Å²) in [6, 6.07) is -0.429. The molecule has 0 saturated carbocycles. The maximum atomic E-state index is 14.6. The number of amidine groups is 1. The first-order chi connectivity index (χ1) is 15.6. The maximum absolute atomic E-state index is 14.6. The lowest BCUT2D eigenvalue weighted by Gasteiger charge is -2.29. The fraction of sp³-hybridized carbons (Fsp3) is 0.300. The number of carbonyl (C=O) groups is 2. The van der Waals surface area contributed by atoms with Crippen LogP contribution in [-0.4, -0.2) is 62.9 Å². The Morgan fingerprint density at radius 3 is 2.64 bits per heavy atom. The average Bonchev–Trinajstić information content (AvgIpc) is 3.35. The van der Waals surface area contributed by atoms with Gasteiger partial charge in [-0.05, 0) is 6.07 Å². The Hall–Kier alpha value is -3.32. The molecule has 3 N–H and O–H groups in total. The van der Waals surface area contributed by atoms with Gasteiger partial charge in [-0.25, -0.2) is 27.3 Å². The highest BCUT2D eigenvalue weighted by Crippen LogP contribution is 2.36. The molecular formula is C20H16F4N4O4S. The van der Waals surface area contributed by atoms with E-state index in [-0.39, 0.29) is 17.1 Å². The molecule has 0 unspecified atom stereocenters. The number of nitrogens with one attached hydrogen (secondary N) is 1. The first-order valence-corrected chi connectivity index (χ1v) is 10.4. The molecule has 0 radical (unpaired) electrons. The highest BCUT2D eigenvalue weighted by Gasteiger charge is 2.49. The van der Waals surface area contributed by atoms with Gasteiger partial charge < -0.3 is 15.5 Å². The van der Waals surface area contributed by atoms with E-state index in [1.165, 1.54) is 6.20 Å². The Bertz CT molecular complexity index is 1170. The van der Waals surface area contributed by atoms with Gasteiger partial charge in [0.05, 0.1) is 12.1 Å². The fourth-order valence-electron chi connectivity index (χ4n) is 3.87. The van der Waals surface area contributed by atoms with E-state index in [1.54, 1.807) is 5.38 Å². The third-order valence-electron chi connectivity index (χ3n) is 5.26. The van der Waals surface area contributed by atoms with Crippen LogP contribution < -0.4 is 5.32 Å². The second-order valence-corrected chi connectivity index (χ2v) is 8.42. The van der Waals surface area contributed by atoms with Crippen molar-refractivity contribution in [3.8, 4) is 0 Å². The zero-order valence-electron chi connectivity index (χ0n) is 16.6. The van der Waals surface area contributed by atoms with Gasteiger partial charge in [-0.3, -0.25) is 14.7 Å². The number of alkyl halides is 2. The number of likely N-dealkylation sites (tertiary alicyclic amines) is 1. The monoisotopic (exact) mass is 484 g/mol. The molecule has 3 heterocycles. The minimum atomic E-state index is -3.28. The summed E-state index contributed by atoms with van der Waals surface area (Å²) in [4.78, 5) is 33.0. The van der Waals surface area contributed by atoms with Crippen molar-refractivity contribution >= 4 is 29.1 Å². The fourth-order valence-corrected chi connectivity index (χ4v) is 4.45. The molecule has 8 nitrogen and oxygen atoms in total. The first-order valence-electron chi connectivity index (χ1n) is 9.56. The van der Waals surface area contributed by atoms with Gasteiger partial charge in [0.25, 0.3) is 5.92 Å². The minimum absolute atomic E-state index is 0.0524. The van der Waals surface area contributed by atoms with Crippen LogP contribution in [0, 0.1) is 11.6 Å². The van der Waals surface area contributed by atoms with Crippen LogP contribution in [0.25, 0.3) is 0 Å². The molecule has 0 spiro atoms. The Labute approximate surface area is 187 Å². The number of hydrogen-bond donors (Lipinski definition) is 3. The molecular weight excluding hydrogens is 468 g/mol. The molecule has 2 aliphatic rings. The molecule has 0 amide bonds. The largest absolute Gasteiger partial charge is 0.480 e. The predicted octanol–water partition coefficient (Wildman–Crippen LogP) is 2.65. The molecule has 1 saturated heterocycles. The van der Waals surface area contributed by atoms with E-state index in [2.05, 4.69) is 15.3 Å². The summed E-state index contributed by atoms with van der Waals surface area (Å²) in [5.74, 6) is -8.15. The highest BCUT2D eigenvalue weighted by atomic mass is 32.1. The standard InChI is InChI=1S/C20H16F4N4O4S/c21-9-1-2-10(11(22)5-9)15-14(19(31)32)12(26-16(27-15)17-25-3-4-33-17)7-28-8-20(23,24)6-13(28)18(29)30/h1-5,13,15H,6-8H2,(H,26,27)(H,29,30)(H,31,32)/t13-,15-/m0/s1. The summed E-state index contributed by atoms with van der Waals surface area (Å²) in [7, 11) is 0. The van der Waals surface area contributed by atoms with E-state index >= 15 is 0 Å². The second kappa shape index (κ2) is 8.56. The highest BCUT2D eigenvalue weighted by molar-refractivity contribution is 7.11. The minimum Gasteiger partial charge on any atom is -0.480 e. The first kappa shape index (κ1) is 22.9. The molecule has 1 fully saturated rings. The average molecular weight is 484 g/mol. The molecule has 0 bridgehead atoms. The Kier molecular flexibility index (Phi) is 5.93. The summed E-state index contributed by atoms with van der Waals surface area (Å²) in [6.45, 7) is -1.40. The van der Waals surface area contributed by atoms with Gasteiger partial charge in [0.1, 0.15) is 23.7 Å². The number of hydrogen-bond acceptors (Lipinski definition) is 7. The maximum Gasteiger partial charge on any atom is 0.335 e. The van der Waals surface area contributed by atoms with Crippen molar-refractivity contribution in [2.75, 3.05) is 13.1 Å². The molecule has 2 aliphatic heterocycles. The summed E-state index contributed by atoms with van der Waals surface area (Å²) in [6.07, 6.45) is 0.525. The Morgan fingerprint density at radius 1 is 1.27 bits per heavy atom. The molecule has 4 rings (SSSR count). The number of aliphatic carboxylic acids is 2. The lowest BCUT2D eigenvalue weighted by Crippen LogP contribution is -2.43. The summed E-state index contributed by atoms with van der Waals surface area (Å²) >= 11 is 1.14. The van der Waals surface area contributed by atoms with Gasteiger partial charge >= 0.3 is 11.9 Å². The van der Waals surface area contributed by atoms with Crippen LogP contribution in [0.5, 0.6) is 0 Å². The predicted molar refractivity (Wildman–Crippen MR) is 108 cm³/mol. The normalized spacial score (nSPS) is 22.7. The van der Waals surface area contributed by atoms with Crippen LogP contribution in [0.15, 0.2) is 46.0 Å². The third kappa shape index (κ3) is 4.59. The summed E-state index contributed by atoms with van der Waals surface area (Å²) < 4.78 is 56.0. The van der Waals surface area contributed by atoms with Crippen molar-refractivity contribution in [2.24, 2.45) is 4.99 Å². The number of nitrogens with zero attached hydrogens (tertiary/aromatic N) is 3. The van der Waals surface area contributed by atoms with E-state index < -0.39 is 66.7 Å². The molecule has 1 aromatic carbocycles. The SMILES string of the molecule is O=C(O)C1=C(CN2CC(F)(F)C[C@H]2C(=O)O)NC(c2nccs2)=N[C@H]1c1ccc(F)cc1F. The zero-order valence-corrected chi connectivity index (χ0v) is 17.5. The van der Waals surface area contributed by atoms with E-state index in [9.17, 15) is 37.4 Å². The molecule has 33 heavy (non-hydrogen) atoms. The number of aliphatic imine (C=N–C) groups is 1. The van der Waals surface area contributed by atoms with E-state index in [4.69, 9.17) is 0 Å². The van der Waals surface area contributed by atoms with Crippen molar-refractivity contribution < 1.29 is 37.4 Å². The number of thiazole rings is 1. The zero-order chi connectivity index (χ0) is 23.9. The molecule has 2 aromatic rings. The van der Waals surface area contributed by atoms with Crippen LogP contribution in [0.2, 0.25) is 0 Å². The quantitative estimate of drug-likeness (QED) is 0.540. The van der Waals surface area contributed by atoms with Crippen molar-refractivity contribution in [3.63, 3.8) is 0 Å². The topological polar surface area (TPSA) is 115 Å². The van der Waals surface area contributed by atoms with Gasteiger partial charge in [-0.1, -0.05) is 6.07 Å².